The number of nitrogen functional groups attached to an aromatic ring is 1. The second-order valence-electron chi connectivity index (χ2n) is 8.17. The zero-order chi connectivity index (χ0) is 27.2. The zero-order valence-electron chi connectivity index (χ0n) is 19.8. The molecule has 1 unspecified atom stereocenters. The average Bonchev–Trinajstić information content (AvgIpc) is 3.24. The summed E-state index contributed by atoms with van der Waals surface area (Å²) in [6, 6.07) is 6.29. The van der Waals surface area contributed by atoms with Gasteiger partial charge in [-0.25, -0.2) is 14.9 Å². The van der Waals surface area contributed by atoms with Crippen molar-refractivity contribution in [2.75, 3.05) is 11.1 Å². The fourth-order valence-corrected chi connectivity index (χ4v) is 3.68. The summed E-state index contributed by atoms with van der Waals surface area (Å²) in [6.07, 6.45) is -0.152. The largest absolute Gasteiger partial charge is 0.444 e. The SMILES string of the molecule is Nc1nc2ncc(CNc3ccc(C(=O)NC(CCC(=O)N4C(=O)CCC4=O)OC=O)cc3)nc2c(=O)[nH]1. The molecular weight excluding hydrogens is 500 g/mol. The summed E-state index contributed by atoms with van der Waals surface area (Å²) in [7, 11) is 0. The molecule has 1 aliphatic rings. The quantitative estimate of drug-likeness (QED) is 0.152. The van der Waals surface area contributed by atoms with E-state index in [1.54, 1.807) is 12.1 Å². The zero-order valence-corrected chi connectivity index (χ0v) is 19.8. The number of amides is 4. The number of nitrogens with one attached hydrogen (secondary N) is 3. The first-order valence-electron chi connectivity index (χ1n) is 11.4. The Balaban J connectivity index is 1.32. The third-order valence-electron chi connectivity index (χ3n) is 5.54. The smallest absolute Gasteiger partial charge is 0.295 e. The first-order chi connectivity index (χ1) is 18.2. The van der Waals surface area contributed by atoms with Gasteiger partial charge in [0.25, 0.3) is 17.9 Å². The lowest BCUT2D eigenvalue weighted by atomic mass is 10.1. The van der Waals surface area contributed by atoms with Crippen molar-refractivity contribution < 1.29 is 28.7 Å². The van der Waals surface area contributed by atoms with Crippen molar-refractivity contribution in [1.82, 2.24) is 30.2 Å². The predicted octanol–water partition coefficient (Wildman–Crippen LogP) is -0.408. The van der Waals surface area contributed by atoms with E-state index in [0.717, 1.165) is 0 Å². The molecule has 2 aromatic heterocycles. The first kappa shape index (κ1) is 25.9. The van der Waals surface area contributed by atoms with Gasteiger partial charge < -0.3 is 21.1 Å². The molecule has 0 radical (unpaired) electrons. The Bertz CT molecular complexity index is 1450. The van der Waals surface area contributed by atoms with E-state index >= 15 is 0 Å². The Morgan fingerprint density at radius 1 is 1.13 bits per heavy atom. The van der Waals surface area contributed by atoms with Crippen molar-refractivity contribution in [2.45, 2.75) is 38.5 Å². The molecule has 38 heavy (non-hydrogen) atoms. The average molecular weight is 522 g/mol. The van der Waals surface area contributed by atoms with Crippen LogP contribution in [0.1, 0.15) is 41.7 Å². The maximum absolute atomic E-state index is 12.6. The number of likely N-dealkylation sites (tertiary alicyclic amines) is 1. The summed E-state index contributed by atoms with van der Waals surface area (Å²) >= 11 is 0. The Kier molecular flexibility index (Phi) is 7.65. The topological polar surface area (TPSA) is 219 Å². The number of fused-ring (bicyclic) bond motifs is 1. The third kappa shape index (κ3) is 5.95. The van der Waals surface area contributed by atoms with E-state index in [1.165, 1.54) is 18.3 Å². The second-order valence-corrected chi connectivity index (χ2v) is 8.17. The van der Waals surface area contributed by atoms with Crippen LogP contribution in [0.4, 0.5) is 11.6 Å². The Hall–Kier alpha value is -5.21. The van der Waals surface area contributed by atoms with Gasteiger partial charge in [0.2, 0.25) is 23.7 Å². The number of anilines is 2. The minimum Gasteiger partial charge on any atom is -0.444 e. The van der Waals surface area contributed by atoms with Crippen LogP contribution in [-0.2, 0) is 30.5 Å². The van der Waals surface area contributed by atoms with Crippen LogP contribution in [0.2, 0.25) is 0 Å². The van der Waals surface area contributed by atoms with Crippen molar-refractivity contribution in [2.24, 2.45) is 0 Å². The summed E-state index contributed by atoms with van der Waals surface area (Å²) in [5.41, 5.74) is 6.53. The van der Waals surface area contributed by atoms with E-state index in [9.17, 15) is 28.8 Å². The highest BCUT2D eigenvalue weighted by Gasteiger charge is 2.34. The molecule has 0 bridgehead atoms. The van der Waals surface area contributed by atoms with Gasteiger partial charge in [-0.2, -0.15) is 4.98 Å². The number of benzene rings is 1. The molecule has 1 aromatic carbocycles. The van der Waals surface area contributed by atoms with E-state index in [0.29, 0.717) is 16.3 Å². The number of ether oxygens (including phenoxy) is 1. The van der Waals surface area contributed by atoms with Gasteiger partial charge >= 0.3 is 0 Å². The summed E-state index contributed by atoms with van der Waals surface area (Å²) in [5.74, 6) is -2.50. The fourth-order valence-electron chi connectivity index (χ4n) is 3.68. The molecule has 1 saturated heterocycles. The van der Waals surface area contributed by atoms with Gasteiger partial charge in [0.15, 0.2) is 17.4 Å². The normalized spacial score (nSPS) is 13.8. The first-order valence-corrected chi connectivity index (χ1v) is 11.4. The monoisotopic (exact) mass is 522 g/mol. The molecule has 5 N–H and O–H groups in total. The molecule has 4 rings (SSSR count). The molecule has 1 fully saturated rings. The van der Waals surface area contributed by atoms with Crippen LogP contribution in [0.25, 0.3) is 11.2 Å². The van der Waals surface area contributed by atoms with E-state index in [4.69, 9.17) is 10.5 Å². The van der Waals surface area contributed by atoms with Crippen molar-refractivity contribution in [3.8, 4) is 0 Å². The Labute approximate surface area is 213 Å². The number of imide groups is 3. The summed E-state index contributed by atoms with van der Waals surface area (Å²) in [5, 5.41) is 5.58. The van der Waals surface area contributed by atoms with Gasteiger partial charge in [0, 0.05) is 36.9 Å². The van der Waals surface area contributed by atoms with Crippen LogP contribution in [0.3, 0.4) is 0 Å². The van der Waals surface area contributed by atoms with Crippen LogP contribution < -0.4 is 21.9 Å². The second kappa shape index (κ2) is 11.2. The van der Waals surface area contributed by atoms with Crippen molar-refractivity contribution in [3.63, 3.8) is 0 Å². The van der Waals surface area contributed by atoms with E-state index in [-0.39, 0.29) is 61.4 Å². The van der Waals surface area contributed by atoms with Gasteiger partial charge in [-0.1, -0.05) is 0 Å². The number of nitrogens with zero attached hydrogens (tertiary/aromatic N) is 4. The van der Waals surface area contributed by atoms with Crippen molar-refractivity contribution in [3.05, 3.63) is 52.1 Å². The number of carbonyl (C=O) groups is 5. The van der Waals surface area contributed by atoms with Crippen LogP contribution in [-0.4, -0.2) is 61.2 Å². The van der Waals surface area contributed by atoms with Gasteiger partial charge in [-0.15, -0.1) is 0 Å². The number of H-pyrrole nitrogens is 1. The molecular formula is C23H22N8O7. The van der Waals surface area contributed by atoms with Gasteiger partial charge in [-0.05, 0) is 24.3 Å². The van der Waals surface area contributed by atoms with Crippen molar-refractivity contribution in [1.29, 1.82) is 0 Å². The van der Waals surface area contributed by atoms with Crippen LogP contribution in [0, 0.1) is 0 Å². The standard InChI is InChI=1S/C23H22N8O7/c24-23-29-20-19(22(37)30-23)27-14(10-26-20)9-25-13-3-1-12(2-4-13)21(36)28-15(38-11-32)5-6-16(33)31-17(34)7-8-18(31)35/h1-4,10-11,15,25H,5-9H2,(H,28,36)(H3,24,26,29,30,37). The lowest BCUT2D eigenvalue weighted by molar-refractivity contribution is -0.150. The van der Waals surface area contributed by atoms with Gasteiger partial charge in [0.05, 0.1) is 18.4 Å². The maximum atomic E-state index is 12.6. The van der Waals surface area contributed by atoms with Crippen LogP contribution in [0.15, 0.2) is 35.3 Å². The number of rotatable bonds is 10. The lowest BCUT2D eigenvalue weighted by Crippen LogP contribution is -2.40. The highest BCUT2D eigenvalue weighted by Crippen LogP contribution is 2.15. The molecule has 15 nitrogen and oxygen atoms in total. The number of hydrogen-bond acceptors (Lipinski definition) is 12. The van der Waals surface area contributed by atoms with Crippen LogP contribution in [0.5, 0.6) is 0 Å². The molecule has 1 atom stereocenters. The highest BCUT2D eigenvalue weighted by atomic mass is 16.5. The van der Waals surface area contributed by atoms with Crippen molar-refractivity contribution >= 4 is 52.9 Å². The summed E-state index contributed by atoms with van der Waals surface area (Å²) in [4.78, 5) is 86.2. The molecule has 0 aliphatic carbocycles. The molecule has 3 heterocycles. The maximum Gasteiger partial charge on any atom is 0.295 e. The molecule has 196 valence electrons. The number of aromatic amines is 1. The fraction of sp³-hybridized carbons (Fsp3) is 0.261. The predicted molar refractivity (Wildman–Crippen MR) is 130 cm³/mol. The highest BCUT2D eigenvalue weighted by molar-refractivity contribution is 6.15. The van der Waals surface area contributed by atoms with Gasteiger partial charge in [-0.3, -0.25) is 33.8 Å². The molecule has 0 saturated carbocycles. The van der Waals surface area contributed by atoms with Gasteiger partial charge in [0.1, 0.15) is 0 Å². The minimum atomic E-state index is -1.14. The lowest BCUT2D eigenvalue weighted by Gasteiger charge is -2.18. The third-order valence-corrected chi connectivity index (χ3v) is 5.54. The Morgan fingerprint density at radius 2 is 1.84 bits per heavy atom. The summed E-state index contributed by atoms with van der Waals surface area (Å²) in [6.45, 7) is 0.354. The number of nitrogens with two attached hydrogens (primary N) is 1. The number of hydrogen-bond donors (Lipinski definition) is 4. The van der Waals surface area contributed by atoms with Crippen LogP contribution >= 0.6 is 0 Å². The molecule has 1 aliphatic heterocycles. The van der Waals surface area contributed by atoms with E-state index in [2.05, 4.69) is 30.6 Å². The molecule has 15 heteroatoms. The van der Waals surface area contributed by atoms with E-state index in [1.807, 2.05) is 0 Å². The Morgan fingerprint density at radius 3 is 2.53 bits per heavy atom. The number of carbonyl (C=O) groups excluding carboxylic acids is 5. The molecule has 0 spiro atoms. The number of aromatic nitrogens is 4. The molecule has 4 amide bonds. The minimum absolute atomic E-state index is 0.0249. The summed E-state index contributed by atoms with van der Waals surface area (Å²) < 4.78 is 4.84. The van der Waals surface area contributed by atoms with E-state index < -0.39 is 35.4 Å². The molecule has 3 aromatic rings.